The van der Waals surface area contributed by atoms with Gasteiger partial charge in [0.15, 0.2) is 0 Å². The van der Waals surface area contributed by atoms with Crippen molar-refractivity contribution in [2.24, 2.45) is 0 Å². The van der Waals surface area contributed by atoms with Crippen LogP contribution in [0.1, 0.15) is 0 Å². The molecule has 0 unspecified atom stereocenters. The molecular formula is C12H5Br3O. The van der Waals surface area contributed by atoms with E-state index in [0.29, 0.717) is 0 Å². The fourth-order valence-corrected chi connectivity index (χ4v) is 3.56. The number of furan rings is 1. The molecule has 0 spiro atoms. The fraction of sp³-hybridized carbons (Fsp3) is 0. The topological polar surface area (TPSA) is 13.1 Å². The summed E-state index contributed by atoms with van der Waals surface area (Å²) in [6.45, 7) is 0. The minimum atomic E-state index is 0.884. The first kappa shape index (κ1) is 10.8. The van der Waals surface area contributed by atoms with Crippen molar-refractivity contribution in [1.82, 2.24) is 0 Å². The van der Waals surface area contributed by atoms with Crippen LogP contribution in [0.4, 0.5) is 0 Å². The van der Waals surface area contributed by atoms with Crippen LogP contribution in [0.15, 0.2) is 48.2 Å². The van der Waals surface area contributed by atoms with Crippen molar-refractivity contribution in [3.63, 3.8) is 0 Å². The largest absolute Gasteiger partial charge is 0.456 e. The van der Waals surface area contributed by atoms with Crippen LogP contribution in [0.2, 0.25) is 0 Å². The molecule has 1 nitrogen and oxygen atoms in total. The van der Waals surface area contributed by atoms with Crippen molar-refractivity contribution in [3.05, 3.63) is 43.7 Å². The van der Waals surface area contributed by atoms with Gasteiger partial charge >= 0.3 is 0 Å². The summed E-state index contributed by atoms with van der Waals surface area (Å²) in [4.78, 5) is 0. The van der Waals surface area contributed by atoms with Crippen molar-refractivity contribution in [2.75, 3.05) is 0 Å². The van der Waals surface area contributed by atoms with Gasteiger partial charge in [0.2, 0.25) is 0 Å². The van der Waals surface area contributed by atoms with Gasteiger partial charge in [0.05, 0.1) is 0 Å². The van der Waals surface area contributed by atoms with Gasteiger partial charge in [-0.05, 0) is 46.3 Å². The van der Waals surface area contributed by atoms with Crippen LogP contribution in [-0.2, 0) is 0 Å². The maximum absolute atomic E-state index is 5.79. The highest BCUT2D eigenvalue weighted by atomic mass is 79.9. The van der Waals surface area contributed by atoms with Crippen LogP contribution in [0.3, 0.4) is 0 Å². The molecule has 0 saturated heterocycles. The van der Waals surface area contributed by atoms with Gasteiger partial charge < -0.3 is 4.42 Å². The Kier molecular flexibility index (Phi) is 2.61. The van der Waals surface area contributed by atoms with E-state index in [1.54, 1.807) is 0 Å². The third-order valence-electron chi connectivity index (χ3n) is 2.45. The predicted molar refractivity (Wildman–Crippen MR) is 76.8 cm³/mol. The van der Waals surface area contributed by atoms with E-state index >= 15 is 0 Å². The van der Waals surface area contributed by atoms with Crippen molar-refractivity contribution in [2.45, 2.75) is 0 Å². The van der Waals surface area contributed by atoms with Crippen LogP contribution in [0.5, 0.6) is 0 Å². The molecular weight excluding hydrogens is 400 g/mol. The molecule has 0 aliphatic rings. The Bertz CT molecular complexity index is 700. The van der Waals surface area contributed by atoms with Crippen LogP contribution < -0.4 is 0 Å². The van der Waals surface area contributed by atoms with Crippen molar-refractivity contribution < 1.29 is 4.42 Å². The second kappa shape index (κ2) is 3.86. The van der Waals surface area contributed by atoms with Crippen LogP contribution >= 0.6 is 47.8 Å². The number of rotatable bonds is 0. The lowest BCUT2D eigenvalue weighted by atomic mass is 10.1. The summed E-state index contributed by atoms with van der Waals surface area (Å²) < 4.78 is 8.88. The van der Waals surface area contributed by atoms with Gasteiger partial charge in [0.25, 0.3) is 0 Å². The summed E-state index contributed by atoms with van der Waals surface area (Å²) in [7, 11) is 0. The maximum atomic E-state index is 5.79. The molecule has 1 heterocycles. The van der Waals surface area contributed by atoms with E-state index in [2.05, 4.69) is 53.9 Å². The minimum absolute atomic E-state index is 0.884. The monoisotopic (exact) mass is 402 g/mol. The Morgan fingerprint density at radius 2 is 1.62 bits per heavy atom. The molecule has 16 heavy (non-hydrogen) atoms. The summed E-state index contributed by atoms with van der Waals surface area (Å²) >= 11 is 10.5. The van der Waals surface area contributed by atoms with E-state index in [0.717, 1.165) is 35.4 Å². The first-order valence-corrected chi connectivity index (χ1v) is 7.00. The Morgan fingerprint density at radius 1 is 0.812 bits per heavy atom. The number of fused-ring (bicyclic) bond motifs is 3. The fourth-order valence-electron chi connectivity index (χ4n) is 1.80. The molecule has 0 amide bonds. The molecule has 0 saturated carbocycles. The zero-order valence-electron chi connectivity index (χ0n) is 7.93. The molecule has 2 aromatic carbocycles. The highest BCUT2D eigenvalue weighted by Crippen LogP contribution is 2.37. The summed E-state index contributed by atoms with van der Waals surface area (Å²) in [5.41, 5.74) is 1.78. The highest BCUT2D eigenvalue weighted by molar-refractivity contribution is 9.11. The zero-order valence-corrected chi connectivity index (χ0v) is 12.7. The second-order valence-corrected chi connectivity index (χ2v) is 6.19. The molecule has 3 rings (SSSR count). The van der Waals surface area contributed by atoms with E-state index in [-0.39, 0.29) is 0 Å². The predicted octanol–water partition coefficient (Wildman–Crippen LogP) is 5.87. The first-order valence-electron chi connectivity index (χ1n) is 4.62. The van der Waals surface area contributed by atoms with Gasteiger partial charge in [-0.3, -0.25) is 0 Å². The first-order chi connectivity index (χ1) is 7.65. The van der Waals surface area contributed by atoms with Crippen molar-refractivity contribution in [3.8, 4) is 0 Å². The average Bonchev–Trinajstić information content (AvgIpc) is 2.54. The summed E-state index contributed by atoms with van der Waals surface area (Å²) in [5, 5.41) is 2.23. The number of hydrogen-bond donors (Lipinski definition) is 0. The maximum Gasteiger partial charge on any atom is 0.137 e. The van der Waals surface area contributed by atoms with Gasteiger partial charge in [-0.1, -0.05) is 31.9 Å². The molecule has 3 aromatic rings. The van der Waals surface area contributed by atoms with E-state index in [4.69, 9.17) is 4.42 Å². The number of halogens is 3. The highest BCUT2D eigenvalue weighted by Gasteiger charge is 2.11. The third kappa shape index (κ3) is 1.63. The normalized spacial score (nSPS) is 11.4. The lowest BCUT2D eigenvalue weighted by Crippen LogP contribution is -1.71. The molecule has 0 fully saturated rings. The van der Waals surface area contributed by atoms with Gasteiger partial charge in [-0.15, -0.1) is 0 Å². The molecule has 1 aromatic heterocycles. The van der Waals surface area contributed by atoms with E-state index < -0.39 is 0 Å². The summed E-state index contributed by atoms with van der Waals surface area (Å²) in [6, 6.07) is 10.0. The molecule has 0 radical (unpaired) electrons. The smallest absolute Gasteiger partial charge is 0.137 e. The van der Waals surface area contributed by atoms with Gasteiger partial charge in [0, 0.05) is 24.2 Å². The average molecular weight is 405 g/mol. The SMILES string of the molecule is Brc1cc(Br)c2c(c1)oc1ccc(Br)cc12. The molecule has 4 heteroatoms. The molecule has 0 N–H and O–H groups in total. The minimum Gasteiger partial charge on any atom is -0.456 e. The standard InChI is InChI=1S/C12H5Br3O/c13-6-1-2-10-8(3-6)12-9(15)4-7(14)5-11(12)16-10/h1-5H. The van der Waals surface area contributed by atoms with Crippen LogP contribution in [-0.4, -0.2) is 0 Å². The molecule has 80 valence electrons. The summed E-state index contributed by atoms with van der Waals surface area (Å²) in [6.07, 6.45) is 0. The van der Waals surface area contributed by atoms with Crippen molar-refractivity contribution in [1.29, 1.82) is 0 Å². The number of benzene rings is 2. The molecule has 0 aliphatic heterocycles. The lowest BCUT2D eigenvalue weighted by molar-refractivity contribution is 0.668. The molecule has 0 bridgehead atoms. The zero-order chi connectivity index (χ0) is 11.3. The van der Waals surface area contributed by atoms with Gasteiger partial charge in [-0.25, -0.2) is 0 Å². The van der Waals surface area contributed by atoms with Gasteiger partial charge in [0.1, 0.15) is 11.2 Å². The lowest BCUT2D eigenvalue weighted by Gasteiger charge is -1.95. The van der Waals surface area contributed by atoms with Gasteiger partial charge in [-0.2, -0.15) is 0 Å². The quantitative estimate of drug-likeness (QED) is 0.456. The second-order valence-electron chi connectivity index (χ2n) is 3.50. The Labute approximate surface area is 117 Å². The Morgan fingerprint density at radius 3 is 2.44 bits per heavy atom. The van der Waals surface area contributed by atoms with E-state index in [1.165, 1.54) is 0 Å². The molecule has 0 aliphatic carbocycles. The Balaban J connectivity index is 2.57. The van der Waals surface area contributed by atoms with E-state index in [1.807, 2.05) is 24.3 Å². The number of hydrogen-bond acceptors (Lipinski definition) is 1. The molecule has 0 atom stereocenters. The van der Waals surface area contributed by atoms with Crippen LogP contribution in [0, 0.1) is 0 Å². The summed E-state index contributed by atoms with van der Waals surface area (Å²) in [5.74, 6) is 0. The Hall–Kier alpha value is -0.320. The van der Waals surface area contributed by atoms with Crippen LogP contribution in [0.25, 0.3) is 21.9 Å². The van der Waals surface area contributed by atoms with Crippen molar-refractivity contribution >= 4 is 69.7 Å². The van der Waals surface area contributed by atoms with E-state index in [9.17, 15) is 0 Å². The third-order valence-corrected chi connectivity index (χ3v) is 4.03.